The highest BCUT2D eigenvalue weighted by atomic mass is 19.1. The molecule has 29 heavy (non-hydrogen) atoms. The van der Waals surface area contributed by atoms with E-state index < -0.39 is 5.82 Å². The highest BCUT2D eigenvalue weighted by Gasteiger charge is 2.08. The summed E-state index contributed by atoms with van der Waals surface area (Å²) in [5.41, 5.74) is 3.03. The quantitative estimate of drug-likeness (QED) is 0.558. The Hall–Kier alpha value is -3.72. The lowest BCUT2D eigenvalue weighted by Gasteiger charge is -2.09. The number of aromatic nitrogens is 1. The standard InChI is InChI=1S/C23H19FN2O3/c1-2-28-23(27)13-16-6-9-18(10-7-16)21-4-3-5-22(26-21)29-15-19-11-8-17(14-25)12-20(19)24/h3-12H,2,13,15H2,1H3. The van der Waals surface area contributed by atoms with E-state index >= 15 is 0 Å². The van der Waals surface area contributed by atoms with Crippen LogP contribution >= 0.6 is 0 Å². The first-order valence-electron chi connectivity index (χ1n) is 9.12. The van der Waals surface area contributed by atoms with E-state index in [9.17, 15) is 9.18 Å². The van der Waals surface area contributed by atoms with Gasteiger partial charge in [0, 0.05) is 17.2 Å². The third-order valence-corrected chi connectivity index (χ3v) is 4.18. The smallest absolute Gasteiger partial charge is 0.310 e. The van der Waals surface area contributed by atoms with E-state index in [-0.39, 0.29) is 24.6 Å². The molecule has 0 unspecified atom stereocenters. The van der Waals surface area contributed by atoms with Gasteiger partial charge in [-0.1, -0.05) is 36.4 Å². The van der Waals surface area contributed by atoms with Crippen molar-refractivity contribution in [1.82, 2.24) is 4.98 Å². The van der Waals surface area contributed by atoms with Crippen LogP contribution in [0.4, 0.5) is 4.39 Å². The van der Waals surface area contributed by atoms with Gasteiger partial charge in [0.15, 0.2) is 0 Å². The largest absolute Gasteiger partial charge is 0.473 e. The molecule has 3 rings (SSSR count). The average molecular weight is 390 g/mol. The van der Waals surface area contributed by atoms with Crippen molar-refractivity contribution < 1.29 is 18.7 Å². The first kappa shape index (κ1) is 20.0. The summed E-state index contributed by atoms with van der Waals surface area (Å²) in [7, 11) is 0. The summed E-state index contributed by atoms with van der Waals surface area (Å²) in [6, 6.07) is 19.0. The molecule has 0 atom stereocenters. The third-order valence-electron chi connectivity index (χ3n) is 4.18. The predicted octanol–water partition coefficient (Wildman–Crippen LogP) is 4.44. The van der Waals surface area contributed by atoms with Crippen molar-refractivity contribution in [3.8, 4) is 23.2 Å². The van der Waals surface area contributed by atoms with Gasteiger partial charge in [0.1, 0.15) is 12.4 Å². The van der Waals surface area contributed by atoms with Gasteiger partial charge in [0.2, 0.25) is 5.88 Å². The maximum absolute atomic E-state index is 14.0. The molecular formula is C23H19FN2O3. The summed E-state index contributed by atoms with van der Waals surface area (Å²) in [6.07, 6.45) is 0.223. The minimum atomic E-state index is -0.489. The number of rotatable bonds is 7. The summed E-state index contributed by atoms with van der Waals surface area (Å²) >= 11 is 0. The second-order valence-corrected chi connectivity index (χ2v) is 6.25. The van der Waals surface area contributed by atoms with E-state index in [1.54, 1.807) is 25.1 Å². The number of benzene rings is 2. The van der Waals surface area contributed by atoms with Crippen LogP contribution in [0, 0.1) is 17.1 Å². The minimum absolute atomic E-state index is 0.00642. The number of nitriles is 1. The molecule has 6 heteroatoms. The lowest BCUT2D eigenvalue weighted by atomic mass is 10.1. The fraction of sp³-hybridized carbons (Fsp3) is 0.174. The zero-order valence-corrected chi connectivity index (χ0v) is 15.9. The van der Waals surface area contributed by atoms with Crippen LogP contribution in [0.5, 0.6) is 5.88 Å². The van der Waals surface area contributed by atoms with Crippen molar-refractivity contribution >= 4 is 5.97 Å². The van der Waals surface area contributed by atoms with Crippen molar-refractivity contribution in [2.24, 2.45) is 0 Å². The summed E-state index contributed by atoms with van der Waals surface area (Å²) in [4.78, 5) is 16.0. The Labute approximate surface area is 168 Å². The van der Waals surface area contributed by atoms with Crippen molar-refractivity contribution in [1.29, 1.82) is 5.26 Å². The Bertz CT molecular complexity index is 1040. The Kier molecular flexibility index (Phi) is 6.54. The topological polar surface area (TPSA) is 72.2 Å². The van der Waals surface area contributed by atoms with Gasteiger partial charge in [-0.15, -0.1) is 0 Å². The number of ether oxygens (including phenoxy) is 2. The zero-order valence-electron chi connectivity index (χ0n) is 15.9. The molecule has 3 aromatic rings. The van der Waals surface area contributed by atoms with Crippen LogP contribution < -0.4 is 4.74 Å². The second kappa shape index (κ2) is 9.47. The first-order chi connectivity index (χ1) is 14.1. The van der Waals surface area contributed by atoms with Crippen molar-refractivity contribution in [2.75, 3.05) is 6.61 Å². The fourth-order valence-corrected chi connectivity index (χ4v) is 2.71. The van der Waals surface area contributed by atoms with Crippen LogP contribution in [0.15, 0.2) is 60.7 Å². The molecule has 0 aliphatic rings. The molecule has 0 bridgehead atoms. The monoisotopic (exact) mass is 390 g/mol. The van der Waals surface area contributed by atoms with Gasteiger partial charge in [-0.05, 0) is 30.7 Å². The molecule has 0 amide bonds. The molecule has 0 fully saturated rings. The number of nitrogens with zero attached hydrogens (tertiary/aromatic N) is 2. The highest BCUT2D eigenvalue weighted by molar-refractivity contribution is 5.73. The predicted molar refractivity (Wildman–Crippen MR) is 105 cm³/mol. The molecule has 0 N–H and O–H groups in total. The summed E-state index contributed by atoms with van der Waals surface area (Å²) in [5, 5.41) is 8.80. The number of hydrogen-bond donors (Lipinski definition) is 0. The molecule has 146 valence electrons. The highest BCUT2D eigenvalue weighted by Crippen LogP contribution is 2.21. The number of hydrogen-bond acceptors (Lipinski definition) is 5. The summed E-state index contributed by atoms with van der Waals surface area (Å²) in [5.74, 6) is -0.386. The lowest BCUT2D eigenvalue weighted by Crippen LogP contribution is -2.07. The van der Waals surface area contributed by atoms with Crippen molar-refractivity contribution in [3.63, 3.8) is 0 Å². The van der Waals surface area contributed by atoms with Gasteiger partial charge in [-0.2, -0.15) is 5.26 Å². The molecule has 0 saturated carbocycles. The van der Waals surface area contributed by atoms with Crippen LogP contribution in [0.3, 0.4) is 0 Å². The molecule has 0 spiro atoms. The average Bonchev–Trinajstić information content (AvgIpc) is 2.73. The fourth-order valence-electron chi connectivity index (χ4n) is 2.71. The van der Waals surface area contributed by atoms with Crippen molar-refractivity contribution in [2.45, 2.75) is 20.0 Å². The van der Waals surface area contributed by atoms with Crippen molar-refractivity contribution in [3.05, 3.63) is 83.2 Å². The lowest BCUT2D eigenvalue weighted by molar-refractivity contribution is -0.142. The van der Waals surface area contributed by atoms with E-state index in [1.165, 1.54) is 12.1 Å². The summed E-state index contributed by atoms with van der Waals surface area (Å²) in [6.45, 7) is 2.14. The number of halogens is 1. The number of esters is 1. The minimum Gasteiger partial charge on any atom is -0.473 e. The summed E-state index contributed by atoms with van der Waals surface area (Å²) < 4.78 is 24.5. The molecule has 0 aliphatic carbocycles. The molecular weight excluding hydrogens is 371 g/mol. The van der Waals surface area contributed by atoms with Crippen LogP contribution in [-0.2, 0) is 22.6 Å². The maximum Gasteiger partial charge on any atom is 0.310 e. The Balaban J connectivity index is 1.68. The molecule has 1 heterocycles. The van der Waals surface area contributed by atoms with E-state index in [2.05, 4.69) is 4.98 Å². The normalized spacial score (nSPS) is 10.2. The number of pyridine rings is 1. The molecule has 0 aliphatic heterocycles. The van der Waals surface area contributed by atoms with Gasteiger partial charge >= 0.3 is 5.97 Å². The molecule has 0 saturated heterocycles. The number of carbonyl (C=O) groups is 1. The second-order valence-electron chi connectivity index (χ2n) is 6.25. The SMILES string of the molecule is CCOC(=O)Cc1ccc(-c2cccc(OCc3ccc(C#N)cc3F)n2)cc1. The van der Waals surface area contributed by atoms with E-state index in [0.717, 1.165) is 11.1 Å². The Morgan fingerprint density at radius 3 is 2.62 bits per heavy atom. The number of carbonyl (C=O) groups excluding carboxylic acids is 1. The molecule has 2 aromatic carbocycles. The zero-order chi connectivity index (χ0) is 20.6. The first-order valence-corrected chi connectivity index (χ1v) is 9.12. The van der Waals surface area contributed by atoms with Crippen LogP contribution in [0.25, 0.3) is 11.3 Å². The van der Waals surface area contributed by atoms with Crippen LogP contribution in [0.2, 0.25) is 0 Å². The van der Waals surface area contributed by atoms with Crippen LogP contribution in [0.1, 0.15) is 23.6 Å². The molecule has 0 radical (unpaired) electrons. The third kappa shape index (κ3) is 5.39. The molecule has 1 aromatic heterocycles. The van der Waals surface area contributed by atoms with E-state index in [0.29, 0.717) is 23.7 Å². The molecule has 5 nitrogen and oxygen atoms in total. The van der Waals surface area contributed by atoms with E-state index in [1.807, 2.05) is 36.4 Å². The van der Waals surface area contributed by atoms with Gasteiger partial charge in [-0.3, -0.25) is 4.79 Å². The Morgan fingerprint density at radius 2 is 1.93 bits per heavy atom. The van der Waals surface area contributed by atoms with Gasteiger partial charge in [-0.25, -0.2) is 9.37 Å². The maximum atomic E-state index is 14.0. The van der Waals surface area contributed by atoms with Gasteiger partial charge < -0.3 is 9.47 Å². The van der Waals surface area contributed by atoms with Gasteiger partial charge in [0.25, 0.3) is 0 Å². The van der Waals surface area contributed by atoms with Crippen LogP contribution in [-0.4, -0.2) is 17.6 Å². The Morgan fingerprint density at radius 1 is 1.14 bits per heavy atom. The van der Waals surface area contributed by atoms with Gasteiger partial charge in [0.05, 0.1) is 30.4 Å². The van der Waals surface area contributed by atoms with E-state index in [4.69, 9.17) is 14.7 Å².